The van der Waals surface area contributed by atoms with Crippen molar-refractivity contribution in [3.63, 3.8) is 0 Å². The first-order valence-corrected chi connectivity index (χ1v) is 12.1. The van der Waals surface area contributed by atoms with Crippen molar-refractivity contribution < 1.29 is 18.0 Å². The number of anilines is 2. The van der Waals surface area contributed by atoms with Crippen LogP contribution in [0.4, 0.5) is 11.4 Å². The number of aryl methyl sites for hydroxylation is 2. The van der Waals surface area contributed by atoms with Crippen LogP contribution in [0.3, 0.4) is 0 Å². The summed E-state index contributed by atoms with van der Waals surface area (Å²) in [7, 11) is -3.78. The third kappa shape index (κ3) is 4.73. The molecular weight excluding hydrogens is 424 g/mol. The van der Waals surface area contributed by atoms with E-state index < -0.39 is 15.8 Å². The summed E-state index contributed by atoms with van der Waals surface area (Å²) in [4.78, 5) is 25.0. The van der Waals surface area contributed by atoms with Crippen LogP contribution in [0.15, 0.2) is 77.7 Å². The van der Waals surface area contributed by atoms with E-state index in [1.54, 1.807) is 42.5 Å². The number of fused-ring (bicyclic) bond motifs is 1. The molecule has 0 spiro atoms. The van der Waals surface area contributed by atoms with E-state index in [-0.39, 0.29) is 22.5 Å². The van der Waals surface area contributed by atoms with Gasteiger partial charge in [-0.15, -0.1) is 0 Å². The van der Waals surface area contributed by atoms with Crippen LogP contribution in [-0.4, -0.2) is 26.0 Å². The number of rotatable bonds is 6. The highest BCUT2D eigenvalue weighted by Crippen LogP contribution is 2.29. The number of benzene rings is 3. The van der Waals surface area contributed by atoms with Gasteiger partial charge in [-0.25, -0.2) is 8.42 Å². The summed E-state index contributed by atoms with van der Waals surface area (Å²) in [5, 5.41) is 5.64. The highest BCUT2D eigenvalue weighted by atomic mass is 32.2. The lowest BCUT2D eigenvalue weighted by Crippen LogP contribution is -2.28. The van der Waals surface area contributed by atoms with Gasteiger partial charge in [0.1, 0.15) is 0 Å². The van der Waals surface area contributed by atoms with Crippen LogP contribution in [0, 0.1) is 6.92 Å². The lowest BCUT2D eigenvalue weighted by molar-refractivity contribution is -0.117. The molecule has 7 heteroatoms. The van der Waals surface area contributed by atoms with Gasteiger partial charge in [-0.2, -0.15) is 0 Å². The van der Waals surface area contributed by atoms with Gasteiger partial charge in [0, 0.05) is 17.8 Å². The average molecular weight is 449 g/mol. The Morgan fingerprint density at radius 2 is 1.72 bits per heavy atom. The van der Waals surface area contributed by atoms with Crippen molar-refractivity contribution in [3.05, 3.63) is 89.5 Å². The van der Waals surface area contributed by atoms with Crippen molar-refractivity contribution in [1.29, 1.82) is 0 Å². The number of carbonyl (C=O) groups is 2. The SMILES string of the molecule is Cc1ccccc1NC(=O)C(CS(=O)(=O)c1ccc2c(c1)CCC(=O)N2)c1ccccc1. The maximum absolute atomic E-state index is 13.3. The summed E-state index contributed by atoms with van der Waals surface area (Å²) in [6, 6.07) is 21.0. The van der Waals surface area contributed by atoms with Crippen LogP contribution in [-0.2, 0) is 25.8 Å². The van der Waals surface area contributed by atoms with Crippen LogP contribution >= 0.6 is 0 Å². The molecule has 1 heterocycles. The molecule has 0 aliphatic carbocycles. The zero-order valence-corrected chi connectivity index (χ0v) is 18.5. The largest absolute Gasteiger partial charge is 0.326 e. The van der Waals surface area contributed by atoms with Crippen LogP contribution in [0.5, 0.6) is 0 Å². The Bertz CT molecular complexity index is 1270. The molecule has 1 aliphatic heterocycles. The summed E-state index contributed by atoms with van der Waals surface area (Å²) >= 11 is 0. The molecule has 1 unspecified atom stereocenters. The first-order chi connectivity index (χ1) is 15.3. The molecule has 2 amide bonds. The number of hydrogen-bond acceptors (Lipinski definition) is 4. The van der Waals surface area contributed by atoms with Gasteiger partial charge < -0.3 is 10.6 Å². The Kier molecular flexibility index (Phi) is 6.10. The third-order valence-electron chi connectivity index (χ3n) is 5.64. The fourth-order valence-corrected chi connectivity index (χ4v) is 5.38. The molecule has 3 aromatic carbocycles. The van der Waals surface area contributed by atoms with Crippen LogP contribution in [0.2, 0.25) is 0 Å². The number of nitrogens with one attached hydrogen (secondary N) is 2. The fourth-order valence-electron chi connectivity index (χ4n) is 3.81. The second kappa shape index (κ2) is 8.96. The molecule has 0 bridgehead atoms. The second-order valence-corrected chi connectivity index (χ2v) is 9.95. The van der Waals surface area contributed by atoms with Crippen molar-refractivity contribution in [1.82, 2.24) is 0 Å². The molecule has 1 atom stereocenters. The predicted octanol–water partition coefficient (Wildman–Crippen LogP) is 4.08. The highest BCUT2D eigenvalue weighted by Gasteiger charge is 2.29. The van der Waals surface area contributed by atoms with Crippen molar-refractivity contribution in [2.24, 2.45) is 0 Å². The van der Waals surface area contributed by atoms with E-state index in [4.69, 9.17) is 0 Å². The number of hydrogen-bond donors (Lipinski definition) is 2. The normalized spacial score (nSPS) is 14.2. The minimum absolute atomic E-state index is 0.0786. The van der Waals surface area contributed by atoms with Gasteiger partial charge in [-0.05, 0) is 54.3 Å². The highest BCUT2D eigenvalue weighted by molar-refractivity contribution is 7.91. The molecule has 164 valence electrons. The quantitative estimate of drug-likeness (QED) is 0.594. The van der Waals surface area contributed by atoms with Crippen molar-refractivity contribution in [2.75, 3.05) is 16.4 Å². The molecule has 2 N–H and O–H groups in total. The van der Waals surface area contributed by atoms with Gasteiger partial charge in [-0.1, -0.05) is 48.5 Å². The van der Waals surface area contributed by atoms with E-state index in [1.165, 1.54) is 6.07 Å². The van der Waals surface area contributed by atoms with E-state index in [2.05, 4.69) is 10.6 Å². The monoisotopic (exact) mass is 448 g/mol. The topological polar surface area (TPSA) is 92.3 Å². The molecule has 0 saturated heterocycles. The zero-order chi connectivity index (χ0) is 22.7. The van der Waals surface area contributed by atoms with Gasteiger partial charge in [0.2, 0.25) is 11.8 Å². The third-order valence-corrected chi connectivity index (χ3v) is 7.38. The minimum Gasteiger partial charge on any atom is -0.326 e. The molecule has 0 fully saturated rings. The van der Waals surface area contributed by atoms with Crippen LogP contribution in [0.1, 0.15) is 29.0 Å². The Balaban J connectivity index is 1.64. The molecular formula is C25H24N2O4S. The molecule has 32 heavy (non-hydrogen) atoms. The average Bonchev–Trinajstić information content (AvgIpc) is 2.79. The lowest BCUT2D eigenvalue weighted by atomic mass is 10.00. The Labute approximate surface area is 187 Å². The summed E-state index contributed by atoms with van der Waals surface area (Å²) < 4.78 is 26.6. The summed E-state index contributed by atoms with van der Waals surface area (Å²) in [6.45, 7) is 1.88. The Morgan fingerprint density at radius 1 is 1.00 bits per heavy atom. The molecule has 4 rings (SSSR count). The number of para-hydroxylation sites is 1. The Morgan fingerprint density at radius 3 is 2.47 bits per heavy atom. The van der Waals surface area contributed by atoms with E-state index in [0.29, 0.717) is 29.8 Å². The molecule has 1 aliphatic rings. The van der Waals surface area contributed by atoms with Crippen molar-refractivity contribution in [3.8, 4) is 0 Å². The van der Waals surface area contributed by atoms with E-state index in [9.17, 15) is 18.0 Å². The van der Waals surface area contributed by atoms with Crippen LogP contribution in [0.25, 0.3) is 0 Å². The molecule has 3 aromatic rings. The van der Waals surface area contributed by atoms with Crippen LogP contribution < -0.4 is 10.6 Å². The standard InChI is InChI=1S/C25H24N2O4S/c1-17-7-5-6-10-22(17)27-25(29)21(18-8-3-2-4-9-18)16-32(30,31)20-12-13-23-19(15-20)11-14-24(28)26-23/h2-10,12-13,15,21H,11,14,16H2,1H3,(H,26,28)(H,27,29). The summed E-state index contributed by atoms with van der Waals surface area (Å²) in [6.07, 6.45) is 0.808. The molecule has 6 nitrogen and oxygen atoms in total. The number of sulfone groups is 1. The summed E-state index contributed by atoms with van der Waals surface area (Å²) in [5.41, 5.74) is 3.60. The lowest BCUT2D eigenvalue weighted by Gasteiger charge is -2.20. The fraction of sp³-hybridized carbons (Fsp3) is 0.200. The van der Waals surface area contributed by atoms with Gasteiger partial charge >= 0.3 is 0 Å². The summed E-state index contributed by atoms with van der Waals surface area (Å²) in [5.74, 6) is -1.69. The van der Waals surface area contributed by atoms with Gasteiger partial charge in [-0.3, -0.25) is 9.59 Å². The maximum Gasteiger partial charge on any atom is 0.232 e. The predicted molar refractivity (Wildman–Crippen MR) is 124 cm³/mol. The number of amides is 2. The zero-order valence-electron chi connectivity index (χ0n) is 17.7. The second-order valence-electron chi connectivity index (χ2n) is 7.92. The number of carbonyl (C=O) groups excluding carboxylic acids is 2. The van der Waals surface area contributed by atoms with Gasteiger partial charge in [0.15, 0.2) is 9.84 Å². The van der Waals surface area contributed by atoms with E-state index >= 15 is 0 Å². The van der Waals surface area contributed by atoms with Gasteiger partial charge in [0.25, 0.3) is 0 Å². The molecule has 0 radical (unpaired) electrons. The van der Waals surface area contributed by atoms with Crippen molar-refractivity contribution in [2.45, 2.75) is 30.6 Å². The van der Waals surface area contributed by atoms with Crippen molar-refractivity contribution >= 4 is 33.0 Å². The minimum atomic E-state index is -3.78. The van der Waals surface area contributed by atoms with E-state index in [1.807, 2.05) is 31.2 Å². The first kappa shape index (κ1) is 21.8. The van der Waals surface area contributed by atoms with E-state index in [0.717, 1.165) is 11.1 Å². The molecule has 0 aromatic heterocycles. The van der Waals surface area contributed by atoms with Gasteiger partial charge in [0.05, 0.1) is 16.6 Å². The maximum atomic E-state index is 13.3. The first-order valence-electron chi connectivity index (χ1n) is 10.4. The smallest absolute Gasteiger partial charge is 0.232 e. The molecule has 0 saturated carbocycles. The Hall–Kier alpha value is -3.45.